The number of nitrogens with one attached hydrogen (secondary N) is 1. The number of para-hydroxylation sites is 2. The molecule has 0 spiro atoms. The van der Waals surface area contributed by atoms with Crippen molar-refractivity contribution in [3.63, 3.8) is 0 Å². The Hall–Kier alpha value is -3.91. The van der Waals surface area contributed by atoms with Crippen LogP contribution in [0, 0.1) is 6.92 Å². The fourth-order valence-corrected chi connectivity index (χ4v) is 4.85. The number of aryl methyl sites for hydroxylation is 1. The summed E-state index contributed by atoms with van der Waals surface area (Å²) in [4.78, 5) is 26.2. The molecule has 3 aromatic carbocycles. The van der Waals surface area contributed by atoms with Gasteiger partial charge >= 0.3 is 0 Å². The molecule has 0 fully saturated rings. The Morgan fingerprint density at radius 1 is 1.00 bits per heavy atom. The van der Waals surface area contributed by atoms with Gasteiger partial charge in [-0.2, -0.15) is 0 Å². The van der Waals surface area contributed by atoms with Gasteiger partial charge in [0.2, 0.25) is 11.7 Å². The first-order valence-corrected chi connectivity index (χ1v) is 12.4. The number of thioether (sulfide) groups is 1. The third kappa shape index (κ3) is 4.33. The van der Waals surface area contributed by atoms with E-state index in [0.29, 0.717) is 27.8 Å². The Kier molecular flexibility index (Phi) is 6.13. The average molecular weight is 484 g/mol. The van der Waals surface area contributed by atoms with E-state index < -0.39 is 0 Å². The number of carbonyl (C=O) groups excluding carboxylic acids is 1. The zero-order valence-corrected chi connectivity index (χ0v) is 20.5. The lowest BCUT2D eigenvalue weighted by Crippen LogP contribution is -2.22. The van der Waals surface area contributed by atoms with Crippen LogP contribution >= 0.6 is 11.8 Å². The van der Waals surface area contributed by atoms with Crippen molar-refractivity contribution < 1.29 is 4.79 Å². The lowest BCUT2D eigenvalue weighted by atomic mass is 10.0. The number of carbonyl (C=O) groups is 1. The van der Waals surface area contributed by atoms with Gasteiger partial charge < -0.3 is 5.32 Å². The van der Waals surface area contributed by atoms with Crippen LogP contribution in [0.2, 0.25) is 0 Å². The highest BCUT2D eigenvalue weighted by atomic mass is 32.2. The Morgan fingerprint density at radius 2 is 1.77 bits per heavy atom. The smallest absolute Gasteiger partial charge is 0.267 e. The number of aromatic nitrogens is 4. The molecule has 8 heteroatoms. The van der Waals surface area contributed by atoms with Gasteiger partial charge in [0, 0.05) is 5.69 Å². The summed E-state index contributed by atoms with van der Waals surface area (Å²) >= 11 is 1.29. The van der Waals surface area contributed by atoms with Crippen LogP contribution in [0.1, 0.15) is 30.9 Å². The summed E-state index contributed by atoms with van der Waals surface area (Å²) in [5, 5.41) is 12.8. The number of rotatable bonds is 6. The number of hydrogen-bond acceptors (Lipinski definition) is 5. The van der Waals surface area contributed by atoms with Gasteiger partial charge in [-0.15, -0.1) is 10.2 Å². The highest BCUT2D eigenvalue weighted by Crippen LogP contribution is 2.25. The van der Waals surface area contributed by atoms with Crippen LogP contribution in [-0.2, 0) is 4.79 Å². The minimum Gasteiger partial charge on any atom is -0.325 e. The Morgan fingerprint density at radius 3 is 2.57 bits per heavy atom. The molecule has 2 aromatic heterocycles. The fourth-order valence-electron chi connectivity index (χ4n) is 4.11. The van der Waals surface area contributed by atoms with Crippen molar-refractivity contribution in [1.29, 1.82) is 0 Å². The zero-order chi connectivity index (χ0) is 24.5. The molecular formula is C27H25N5O2S. The van der Waals surface area contributed by atoms with Crippen molar-refractivity contribution in [3.05, 3.63) is 94.3 Å². The van der Waals surface area contributed by atoms with E-state index in [-0.39, 0.29) is 17.2 Å². The van der Waals surface area contributed by atoms with Gasteiger partial charge in [0.05, 0.1) is 22.3 Å². The maximum Gasteiger partial charge on any atom is 0.267 e. The van der Waals surface area contributed by atoms with Crippen LogP contribution < -0.4 is 10.9 Å². The lowest BCUT2D eigenvalue weighted by Gasteiger charge is -2.13. The Labute approximate surface area is 206 Å². The van der Waals surface area contributed by atoms with Crippen LogP contribution in [0.5, 0.6) is 0 Å². The summed E-state index contributed by atoms with van der Waals surface area (Å²) < 4.78 is 3.44. The van der Waals surface area contributed by atoms with Crippen molar-refractivity contribution >= 4 is 40.0 Å². The summed E-state index contributed by atoms with van der Waals surface area (Å²) in [7, 11) is 0. The summed E-state index contributed by atoms with van der Waals surface area (Å²) in [6.07, 6.45) is 0. The predicted octanol–water partition coefficient (Wildman–Crippen LogP) is 5.20. The fraction of sp³-hybridized carbons (Fsp3) is 0.185. The molecule has 0 radical (unpaired) electrons. The molecule has 176 valence electrons. The van der Waals surface area contributed by atoms with Crippen molar-refractivity contribution in [1.82, 2.24) is 19.2 Å². The second kappa shape index (κ2) is 9.38. The van der Waals surface area contributed by atoms with Crippen molar-refractivity contribution in [2.75, 3.05) is 11.1 Å². The SMILES string of the molecule is Cc1ccccc1-n1c(=O)c2ccccc2n2c(SCC(=O)Nc3cccc(C(C)C)c3)nnc12. The molecule has 0 saturated carbocycles. The van der Waals surface area contributed by atoms with E-state index in [1.54, 1.807) is 10.6 Å². The molecule has 0 unspecified atom stereocenters. The number of nitrogens with zero attached hydrogens (tertiary/aromatic N) is 4. The average Bonchev–Trinajstić information content (AvgIpc) is 3.28. The van der Waals surface area contributed by atoms with Crippen molar-refractivity contribution in [2.45, 2.75) is 31.8 Å². The highest BCUT2D eigenvalue weighted by Gasteiger charge is 2.19. The minimum absolute atomic E-state index is 0.135. The standard InChI is InChI=1S/C27H25N5O2S/c1-17(2)19-10-8-11-20(15-19)28-24(33)16-35-27-30-29-26-31(22-13-6-4-9-18(22)3)25(34)21-12-5-7-14-23(21)32(26)27/h4-15,17H,16H2,1-3H3,(H,28,33). The van der Waals surface area contributed by atoms with Crippen molar-refractivity contribution in [3.8, 4) is 5.69 Å². The molecule has 7 nitrogen and oxygen atoms in total. The molecule has 2 heterocycles. The Balaban J connectivity index is 1.51. The van der Waals surface area contributed by atoms with Crippen LogP contribution in [0.3, 0.4) is 0 Å². The molecule has 5 rings (SSSR count). The molecule has 0 bridgehead atoms. The van der Waals surface area contributed by atoms with Gasteiger partial charge in [0.25, 0.3) is 5.56 Å². The summed E-state index contributed by atoms with van der Waals surface area (Å²) in [6.45, 7) is 6.19. The van der Waals surface area contributed by atoms with E-state index in [1.807, 2.05) is 72.0 Å². The Bertz CT molecular complexity index is 1620. The largest absolute Gasteiger partial charge is 0.325 e. The monoisotopic (exact) mass is 483 g/mol. The van der Waals surface area contributed by atoms with Crippen LogP contribution in [0.4, 0.5) is 5.69 Å². The maximum atomic E-state index is 13.5. The minimum atomic E-state index is -0.158. The van der Waals surface area contributed by atoms with E-state index in [4.69, 9.17) is 0 Å². The zero-order valence-electron chi connectivity index (χ0n) is 19.7. The van der Waals surface area contributed by atoms with E-state index in [0.717, 1.165) is 16.9 Å². The number of fused-ring (bicyclic) bond motifs is 3. The number of amides is 1. The topological polar surface area (TPSA) is 81.3 Å². The van der Waals surface area contributed by atoms with Crippen molar-refractivity contribution in [2.24, 2.45) is 0 Å². The van der Waals surface area contributed by atoms with Gasteiger partial charge in [0.1, 0.15) is 0 Å². The highest BCUT2D eigenvalue weighted by molar-refractivity contribution is 7.99. The second-order valence-corrected chi connectivity index (χ2v) is 9.62. The summed E-state index contributed by atoms with van der Waals surface area (Å²) in [5.41, 5.74) is 4.18. The third-order valence-corrected chi connectivity index (χ3v) is 6.85. The van der Waals surface area contributed by atoms with E-state index in [2.05, 4.69) is 35.4 Å². The molecule has 1 N–H and O–H groups in total. The van der Waals surface area contributed by atoms with Gasteiger partial charge in [-0.1, -0.05) is 68.1 Å². The van der Waals surface area contributed by atoms with Gasteiger partial charge in [-0.05, 0) is 54.3 Å². The first kappa shape index (κ1) is 22.9. The molecule has 1 amide bonds. The normalized spacial score (nSPS) is 11.4. The van der Waals surface area contributed by atoms with Gasteiger partial charge in [-0.3, -0.25) is 14.0 Å². The molecule has 0 atom stereocenters. The van der Waals surface area contributed by atoms with E-state index in [1.165, 1.54) is 17.3 Å². The van der Waals surface area contributed by atoms with Gasteiger partial charge in [-0.25, -0.2) is 4.57 Å². The third-order valence-electron chi connectivity index (χ3n) is 5.92. The molecule has 0 saturated heterocycles. The molecule has 0 aliphatic rings. The second-order valence-electron chi connectivity index (χ2n) is 8.68. The van der Waals surface area contributed by atoms with Crippen LogP contribution in [-0.4, -0.2) is 30.8 Å². The van der Waals surface area contributed by atoms with Crippen LogP contribution in [0.25, 0.3) is 22.4 Å². The molecule has 0 aliphatic heterocycles. The van der Waals surface area contributed by atoms with Crippen LogP contribution in [0.15, 0.2) is 82.7 Å². The predicted molar refractivity (Wildman–Crippen MR) is 141 cm³/mol. The quantitative estimate of drug-likeness (QED) is 0.336. The first-order valence-electron chi connectivity index (χ1n) is 11.4. The maximum absolute atomic E-state index is 13.5. The molecule has 35 heavy (non-hydrogen) atoms. The van der Waals surface area contributed by atoms with Gasteiger partial charge in [0.15, 0.2) is 5.16 Å². The van der Waals surface area contributed by atoms with E-state index >= 15 is 0 Å². The molecule has 5 aromatic rings. The first-order chi connectivity index (χ1) is 16.9. The molecule has 0 aliphatic carbocycles. The summed E-state index contributed by atoms with van der Waals surface area (Å²) in [6, 6.07) is 22.9. The number of hydrogen-bond donors (Lipinski definition) is 1. The summed E-state index contributed by atoms with van der Waals surface area (Å²) in [5.74, 6) is 0.812. The number of benzene rings is 3. The molecular weight excluding hydrogens is 458 g/mol. The van der Waals surface area contributed by atoms with E-state index in [9.17, 15) is 9.59 Å². The number of anilines is 1. The lowest BCUT2D eigenvalue weighted by molar-refractivity contribution is -0.113.